The van der Waals surface area contributed by atoms with Crippen LogP contribution in [-0.2, 0) is 16.0 Å². The molecule has 0 aromatic heterocycles. The molecule has 1 aromatic carbocycles. The summed E-state index contributed by atoms with van der Waals surface area (Å²) in [5, 5.41) is 3.10. The van der Waals surface area contributed by atoms with Crippen molar-refractivity contribution in [2.75, 3.05) is 6.54 Å². The second-order valence-corrected chi connectivity index (χ2v) is 6.34. The molecule has 126 valence electrons. The second-order valence-electron chi connectivity index (χ2n) is 6.34. The highest BCUT2D eigenvalue weighted by Crippen LogP contribution is 2.18. The maximum atomic E-state index is 12.5. The predicted octanol–water partition coefficient (Wildman–Crippen LogP) is 2.92. The number of carbonyl (C=O) groups excluding carboxylic acids is 2. The summed E-state index contributed by atoms with van der Waals surface area (Å²) in [5.41, 5.74) is 1.19. The fourth-order valence-corrected chi connectivity index (χ4v) is 3.17. The van der Waals surface area contributed by atoms with Gasteiger partial charge in [-0.25, -0.2) is 0 Å². The highest BCUT2D eigenvalue weighted by atomic mass is 16.2. The zero-order valence-corrected chi connectivity index (χ0v) is 14.3. The van der Waals surface area contributed by atoms with E-state index in [1.54, 1.807) is 4.90 Å². The van der Waals surface area contributed by atoms with E-state index in [0.717, 1.165) is 19.3 Å². The first-order valence-corrected chi connectivity index (χ1v) is 8.75. The quantitative estimate of drug-likeness (QED) is 0.841. The van der Waals surface area contributed by atoms with Gasteiger partial charge in [0.25, 0.3) is 0 Å². The summed E-state index contributed by atoms with van der Waals surface area (Å²) in [5.74, 6) is 0.0155. The van der Waals surface area contributed by atoms with Crippen LogP contribution in [0.4, 0.5) is 0 Å². The first kappa shape index (κ1) is 17.5. The van der Waals surface area contributed by atoms with Gasteiger partial charge in [0, 0.05) is 19.0 Å². The third-order valence-electron chi connectivity index (χ3n) is 4.66. The lowest BCUT2D eigenvalue weighted by molar-refractivity contribution is -0.139. The molecule has 1 fully saturated rings. The Labute approximate surface area is 139 Å². The number of nitrogens with zero attached hydrogens (tertiary/aromatic N) is 1. The van der Waals surface area contributed by atoms with Crippen molar-refractivity contribution < 1.29 is 9.59 Å². The molecule has 1 aliphatic rings. The molecule has 0 radical (unpaired) electrons. The van der Waals surface area contributed by atoms with Crippen LogP contribution in [0.25, 0.3) is 0 Å². The molecule has 1 atom stereocenters. The highest BCUT2D eigenvalue weighted by molar-refractivity contribution is 5.87. The SMILES string of the molecule is CCC(=O)N(CCc1ccccc1)[C@H](C)C(=O)NC1CCCC1. The van der Waals surface area contributed by atoms with Crippen LogP contribution < -0.4 is 5.32 Å². The second kappa shape index (κ2) is 8.70. The third-order valence-corrected chi connectivity index (χ3v) is 4.66. The first-order valence-electron chi connectivity index (χ1n) is 8.75. The van der Waals surface area contributed by atoms with Crippen LogP contribution in [0.1, 0.15) is 51.5 Å². The molecule has 0 bridgehead atoms. The number of hydrogen-bond acceptors (Lipinski definition) is 2. The first-order chi connectivity index (χ1) is 11.1. The summed E-state index contributed by atoms with van der Waals surface area (Å²) in [6.45, 7) is 4.26. The van der Waals surface area contributed by atoms with Gasteiger partial charge in [0.05, 0.1) is 0 Å². The van der Waals surface area contributed by atoms with Gasteiger partial charge < -0.3 is 10.2 Å². The van der Waals surface area contributed by atoms with Crippen molar-refractivity contribution in [1.29, 1.82) is 0 Å². The summed E-state index contributed by atoms with van der Waals surface area (Å²) in [7, 11) is 0. The van der Waals surface area contributed by atoms with Crippen LogP contribution in [0, 0.1) is 0 Å². The molecule has 23 heavy (non-hydrogen) atoms. The van der Waals surface area contributed by atoms with Crippen molar-refractivity contribution in [2.45, 2.75) is 64.5 Å². The highest BCUT2D eigenvalue weighted by Gasteiger charge is 2.27. The van der Waals surface area contributed by atoms with E-state index in [4.69, 9.17) is 0 Å². The van der Waals surface area contributed by atoms with E-state index in [1.165, 1.54) is 18.4 Å². The van der Waals surface area contributed by atoms with E-state index >= 15 is 0 Å². The molecule has 4 heteroatoms. The summed E-state index contributed by atoms with van der Waals surface area (Å²) in [6.07, 6.45) is 5.69. The molecule has 2 amide bonds. The van der Waals surface area contributed by atoms with Gasteiger partial charge >= 0.3 is 0 Å². The van der Waals surface area contributed by atoms with Crippen molar-refractivity contribution in [3.8, 4) is 0 Å². The van der Waals surface area contributed by atoms with Crippen LogP contribution in [0.15, 0.2) is 30.3 Å². The van der Waals surface area contributed by atoms with Crippen LogP contribution in [0.2, 0.25) is 0 Å². The zero-order chi connectivity index (χ0) is 16.7. The van der Waals surface area contributed by atoms with Gasteiger partial charge in [0.2, 0.25) is 11.8 Å². The molecule has 2 rings (SSSR count). The molecule has 1 saturated carbocycles. The Balaban J connectivity index is 1.95. The van der Waals surface area contributed by atoms with Crippen LogP contribution >= 0.6 is 0 Å². The van der Waals surface area contributed by atoms with Crippen LogP contribution in [0.3, 0.4) is 0 Å². The Morgan fingerprint density at radius 2 is 1.87 bits per heavy atom. The summed E-state index contributed by atoms with van der Waals surface area (Å²) in [4.78, 5) is 26.4. The van der Waals surface area contributed by atoms with Crippen molar-refractivity contribution in [3.05, 3.63) is 35.9 Å². The molecule has 1 N–H and O–H groups in total. The van der Waals surface area contributed by atoms with E-state index in [2.05, 4.69) is 17.4 Å². The number of hydrogen-bond donors (Lipinski definition) is 1. The maximum absolute atomic E-state index is 12.5. The molecule has 0 heterocycles. The normalized spacial score (nSPS) is 16.1. The summed E-state index contributed by atoms with van der Waals surface area (Å²) in [6, 6.07) is 9.96. The van der Waals surface area contributed by atoms with Gasteiger partial charge in [-0.1, -0.05) is 50.1 Å². The zero-order valence-electron chi connectivity index (χ0n) is 14.3. The molecule has 0 spiro atoms. The fourth-order valence-electron chi connectivity index (χ4n) is 3.17. The third kappa shape index (κ3) is 5.08. The minimum absolute atomic E-state index is 0.0215. The van der Waals surface area contributed by atoms with E-state index in [1.807, 2.05) is 32.0 Å². The van der Waals surface area contributed by atoms with Crippen molar-refractivity contribution in [2.24, 2.45) is 0 Å². The van der Waals surface area contributed by atoms with Gasteiger partial charge in [-0.2, -0.15) is 0 Å². The standard InChI is InChI=1S/C19H28N2O2/c1-3-18(22)21(14-13-16-9-5-4-6-10-16)15(2)19(23)20-17-11-7-8-12-17/h4-6,9-10,15,17H,3,7-8,11-14H2,1-2H3,(H,20,23)/t15-/m1/s1. The average Bonchev–Trinajstić information content (AvgIpc) is 3.08. The van der Waals surface area contributed by atoms with Crippen molar-refractivity contribution in [3.63, 3.8) is 0 Å². The lowest BCUT2D eigenvalue weighted by Gasteiger charge is -2.29. The number of amides is 2. The molecule has 0 saturated heterocycles. The molecule has 4 nitrogen and oxygen atoms in total. The lowest BCUT2D eigenvalue weighted by Crippen LogP contribution is -2.50. The van der Waals surface area contributed by atoms with Gasteiger partial charge in [0.15, 0.2) is 0 Å². The van der Waals surface area contributed by atoms with E-state index in [9.17, 15) is 9.59 Å². The Bertz CT molecular complexity index is 509. The maximum Gasteiger partial charge on any atom is 0.242 e. The number of carbonyl (C=O) groups is 2. The predicted molar refractivity (Wildman–Crippen MR) is 92.0 cm³/mol. The fraction of sp³-hybridized carbons (Fsp3) is 0.579. The monoisotopic (exact) mass is 316 g/mol. The lowest BCUT2D eigenvalue weighted by atomic mass is 10.1. The average molecular weight is 316 g/mol. The number of nitrogens with one attached hydrogen (secondary N) is 1. The molecular formula is C19H28N2O2. The Morgan fingerprint density at radius 1 is 1.22 bits per heavy atom. The van der Waals surface area contributed by atoms with Crippen LogP contribution in [-0.4, -0.2) is 35.3 Å². The molecular weight excluding hydrogens is 288 g/mol. The van der Waals surface area contributed by atoms with Crippen molar-refractivity contribution in [1.82, 2.24) is 10.2 Å². The van der Waals surface area contributed by atoms with E-state index < -0.39 is 6.04 Å². The van der Waals surface area contributed by atoms with E-state index in [0.29, 0.717) is 13.0 Å². The van der Waals surface area contributed by atoms with Crippen molar-refractivity contribution >= 4 is 11.8 Å². The minimum atomic E-state index is -0.410. The summed E-state index contributed by atoms with van der Waals surface area (Å²) < 4.78 is 0. The topological polar surface area (TPSA) is 49.4 Å². The minimum Gasteiger partial charge on any atom is -0.352 e. The molecule has 1 aliphatic carbocycles. The Hall–Kier alpha value is -1.84. The largest absolute Gasteiger partial charge is 0.352 e. The van der Waals surface area contributed by atoms with Gasteiger partial charge in [-0.15, -0.1) is 0 Å². The Morgan fingerprint density at radius 3 is 2.48 bits per heavy atom. The van der Waals surface area contributed by atoms with Gasteiger partial charge in [-0.3, -0.25) is 9.59 Å². The smallest absolute Gasteiger partial charge is 0.242 e. The Kier molecular flexibility index (Phi) is 6.63. The van der Waals surface area contributed by atoms with Crippen LogP contribution in [0.5, 0.6) is 0 Å². The summed E-state index contributed by atoms with van der Waals surface area (Å²) >= 11 is 0. The molecule has 0 aliphatic heterocycles. The molecule has 0 unspecified atom stereocenters. The van der Waals surface area contributed by atoms with Gasteiger partial charge in [0.1, 0.15) is 6.04 Å². The number of benzene rings is 1. The van der Waals surface area contributed by atoms with E-state index in [-0.39, 0.29) is 17.9 Å². The van der Waals surface area contributed by atoms with Gasteiger partial charge in [-0.05, 0) is 31.7 Å². The molecule has 1 aromatic rings. The number of rotatable bonds is 7.